The zero-order valence-corrected chi connectivity index (χ0v) is 16.7. The molecule has 1 atom stereocenters. The first-order valence-electron chi connectivity index (χ1n) is 9.57. The Hall–Kier alpha value is -3.58. The highest BCUT2D eigenvalue weighted by molar-refractivity contribution is 7.10. The summed E-state index contributed by atoms with van der Waals surface area (Å²) >= 11 is 1.57. The molecule has 2 aliphatic heterocycles. The molecule has 5 rings (SSSR count). The van der Waals surface area contributed by atoms with Gasteiger partial charge in [-0.25, -0.2) is 5.01 Å². The van der Waals surface area contributed by atoms with Gasteiger partial charge in [0.2, 0.25) is 0 Å². The van der Waals surface area contributed by atoms with Gasteiger partial charge in [0.15, 0.2) is 0 Å². The van der Waals surface area contributed by atoms with Gasteiger partial charge in [0, 0.05) is 11.3 Å². The van der Waals surface area contributed by atoms with Crippen LogP contribution < -0.4 is 4.90 Å². The molecule has 0 saturated heterocycles. The molecular formula is C23H17N3O3S. The van der Waals surface area contributed by atoms with Gasteiger partial charge < -0.3 is 0 Å². The van der Waals surface area contributed by atoms with Crippen LogP contribution in [0.4, 0.5) is 5.69 Å². The molecule has 1 unspecified atom stereocenters. The molecule has 0 saturated carbocycles. The Kier molecular flexibility index (Phi) is 4.52. The predicted octanol–water partition coefficient (Wildman–Crippen LogP) is 3.66. The van der Waals surface area contributed by atoms with Gasteiger partial charge in [-0.3, -0.25) is 19.3 Å². The van der Waals surface area contributed by atoms with E-state index in [0.29, 0.717) is 17.7 Å². The van der Waals surface area contributed by atoms with Gasteiger partial charge in [0.1, 0.15) is 6.54 Å². The fourth-order valence-corrected chi connectivity index (χ4v) is 4.67. The lowest BCUT2D eigenvalue weighted by molar-refractivity contribution is -0.132. The van der Waals surface area contributed by atoms with Crippen molar-refractivity contribution in [3.63, 3.8) is 0 Å². The Morgan fingerprint density at radius 3 is 2.53 bits per heavy atom. The van der Waals surface area contributed by atoms with Gasteiger partial charge in [0.25, 0.3) is 17.6 Å². The molecule has 0 N–H and O–H groups in total. The summed E-state index contributed by atoms with van der Waals surface area (Å²) in [6.45, 7) is -0.227. The van der Waals surface area contributed by atoms with E-state index in [1.807, 2.05) is 47.8 Å². The van der Waals surface area contributed by atoms with Crippen LogP contribution in [0.25, 0.3) is 0 Å². The third-order valence-corrected chi connectivity index (χ3v) is 6.29. The molecule has 3 aromatic rings. The average Bonchev–Trinajstić information content (AvgIpc) is 3.51. The molecule has 2 aliphatic rings. The first-order valence-corrected chi connectivity index (χ1v) is 10.4. The number of ketones is 1. The Morgan fingerprint density at radius 2 is 1.77 bits per heavy atom. The number of amides is 2. The van der Waals surface area contributed by atoms with Crippen LogP contribution in [0.5, 0.6) is 0 Å². The van der Waals surface area contributed by atoms with Crippen LogP contribution in [0.15, 0.2) is 77.2 Å². The SMILES string of the molecule is O=C1C(=O)N(CC(=O)N2N=C(c3ccccc3)CC2c2cccs2)c2ccccc21. The second-order valence-electron chi connectivity index (χ2n) is 7.12. The van der Waals surface area contributed by atoms with Crippen molar-refractivity contribution in [2.75, 3.05) is 11.4 Å². The number of benzene rings is 2. The molecule has 148 valence electrons. The van der Waals surface area contributed by atoms with E-state index in [4.69, 9.17) is 0 Å². The van der Waals surface area contributed by atoms with E-state index in [2.05, 4.69) is 5.10 Å². The van der Waals surface area contributed by atoms with Crippen molar-refractivity contribution in [1.82, 2.24) is 5.01 Å². The van der Waals surface area contributed by atoms with Crippen molar-refractivity contribution >= 4 is 40.3 Å². The van der Waals surface area contributed by atoms with Crippen LogP contribution in [-0.4, -0.2) is 34.9 Å². The van der Waals surface area contributed by atoms with E-state index in [0.717, 1.165) is 16.2 Å². The Bertz CT molecular complexity index is 1170. The number of hydrogen-bond donors (Lipinski definition) is 0. The number of hydrazone groups is 1. The Balaban J connectivity index is 1.46. The molecule has 1 aromatic heterocycles. The molecule has 0 spiro atoms. The predicted molar refractivity (Wildman–Crippen MR) is 115 cm³/mol. The number of thiophene rings is 1. The zero-order valence-electron chi connectivity index (χ0n) is 15.9. The lowest BCUT2D eigenvalue weighted by atomic mass is 10.0. The first kappa shape index (κ1) is 18.4. The molecule has 6 nitrogen and oxygen atoms in total. The van der Waals surface area contributed by atoms with Crippen LogP contribution in [-0.2, 0) is 9.59 Å². The maximum atomic E-state index is 13.3. The van der Waals surface area contributed by atoms with E-state index in [-0.39, 0.29) is 18.5 Å². The maximum absolute atomic E-state index is 13.3. The molecule has 0 aliphatic carbocycles. The minimum Gasteiger partial charge on any atom is -0.295 e. The van der Waals surface area contributed by atoms with Gasteiger partial charge in [-0.15, -0.1) is 11.3 Å². The smallest absolute Gasteiger partial charge is 0.295 e. The van der Waals surface area contributed by atoms with E-state index in [9.17, 15) is 14.4 Å². The summed E-state index contributed by atoms with van der Waals surface area (Å²) in [5.74, 6) is -1.58. The molecule has 0 fully saturated rings. The summed E-state index contributed by atoms with van der Waals surface area (Å²) in [6, 6.07) is 20.2. The van der Waals surface area contributed by atoms with Crippen LogP contribution >= 0.6 is 11.3 Å². The van der Waals surface area contributed by atoms with Crippen molar-refractivity contribution in [3.8, 4) is 0 Å². The second kappa shape index (κ2) is 7.35. The van der Waals surface area contributed by atoms with Crippen molar-refractivity contribution in [1.29, 1.82) is 0 Å². The number of nitrogens with zero attached hydrogens (tertiary/aromatic N) is 3. The maximum Gasteiger partial charge on any atom is 0.299 e. The molecule has 3 heterocycles. The van der Waals surface area contributed by atoms with Crippen molar-refractivity contribution < 1.29 is 14.4 Å². The van der Waals surface area contributed by atoms with E-state index in [1.165, 1.54) is 9.91 Å². The molecule has 2 aromatic carbocycles. The summed E-state index contributed by atoms with van der Waals surface area (Å²) in [5.41, 5.74) is 2.60. The van der Waals surface area contributed by atoms with E-state index in [1.54, 1.807) is 35.6 Å². The van der Waals surface area contributed by atoms with Gasteiger partial charge in [0.05, 0.1) is 23.0 Å². The van der Waals surface area contributed by atoms with Crippen LogP contribution in [0.1, 0.15) is 33.3 Å². The monoisotopic (exact) mass is 415 g/mol. The number of rotatable bonds is 4. The van der Waals surface area contributed by atoms with E-state index < -0.39 is 11.7 Å². The lowest BCUT2D eigenvalue weighted by Gasteiger charge is -2.23. The fourth-order valence-electron chi connectivity index (χ4n) is 3.86. The number of carbonyl (C=O) groups excluding carboxylic acids is 3. The Labute approximate surface area is 177 Å². The van der Waals surface area contributed by atoms with Gasteiger partial charge in [-0.05, 0) is 29.1 Å². The molecule has 7 heteroatoms. The Morgan fingerprint density at radius 1 is 1.00 bits per heavy atom. The normalized spacial score (nSPS) is 18.0. The molecule has 2 amide bonds. The van der Waals surface area contributed by atoms with Crippen LogP contribution in [0.2, 0.25) is 0 Å². The van der Waals surface area contributed by atoms with Gasteiger partial charge >= 0.3 is 0 Å². The molecular weight excluding hydrogens is 398 g/mol. The summed E-state index contributed by atoms with van der Waals surface area (Å²) in [6.07, 6.45) is 0.597. The first-order chi connectivity index (χ1) is 14.6. The number of Topliss-reactive ketones (excluding diaryl/α,β-unsaturated/α-hetero) is 1. The minimum absolute atomic E-state index is 0.226. The van der Waals surface area contributed by atoms with Gasteiger partial charge in [-0.1, -0.05) is 48.5 Å². The second-order valence-corrected chi connectivity index (χ2v) is 8.10. The van der Waals surface area contributed by atoms with Crippen LogP contribution in [0.3, 0.4) is 0 Å². The third kappa shape index (κ3) is 3.04. The number of carbonyl (C=O) groups is 3. The lowest BCUT2D eigenvalue weighted by Crippen LogP contribution is -2.40. The summed E-state index contributed by atoms with van der Waals surface area (Å²) < 4.78 is 0. The number of para-hydroxylation sites is 1. The minimum atomic E-state index is -0.677. The topological polar surface area (TPSA) is 70.1 Å². The highest BCUT2D eigenvalue weighted by Gasteiger charge is 2.40. The van der Waals surface area contributed by atoms with Crippen molar-refractivity contribution in [2.45, 2.75) is 12.5 Å². The molecule has 0 bridgehead atoms. The summed E-state index contributed by atoms with van der Waals surface area (Å²) in [7, 11) is 0. The highest BCUT2D eigenvalue weighted by atomic mass is 32.1. The van der Waals surface area contributed by atoms with E-state index >= 15 is 0 Å². The quantitative estimate of drug-likeness (QED) is 0.611. The number of hydrogen-bond acceptors (Lipinski definition) is 5. The summed E-state index contributed by atoms with van der Waals surface area (Å²) in [5, 5.41) is 8.06. The zero-order chi connectivity index (χ0) is 20.7. The number of fused-ring (bicyclic) bond motifs is 1. The molecule has 30 heavy (non-hydrogen) atoms. The van der Waals surface area contributed by atoms with Crippen molar-refractivity contribution in [3.05, 3.63) is 88.1 Å². The van der Waals surface area contributed by atoms with Crippen molar-refractivity contribution in [2.24, 2.45) is 5.10 Å². The third-order valence-electron chi connectivity index (χ3n) is 5.32. The summed E-state index contributed by atoms with van der Waals surface area (Å²) in [4.78, 5) is 40.3. The standard InChI is InChI=1S/C23H17N3O3S/c27-21(14-25-18-10-5-4-9-16(18)22(28)23(25)29)26-19(20-11-6-12-30-20)13-17(24-26)15-7-2-1-3-8-15/h1-12,19H,13-14H2. The fraction of sp³-hybridized carbons (Fsp3) is 0.130. The number of anilines is 1. The highest BCUT2D eigenvalue weighted by Crippen LogP contribution is 2.36. The van der Waals surface area contributed by atoms with Crippen LogP contribution in [0, 0.1) is 0 Å². The largest absolute Gasteiger partial charge is 0.299 e. The average molecular weight is 415 g/mol. The molecule has 0 radical (unpaired) electrons. The van der Waals surface area contributed by atoms with Gasteiger partial charge in [-0.2, -0.15) is 5.10 Å².